The van der Waals surface area contributed by atoms with E-state index in [4.69, 9.17) is 22.1 Å². The second-order valence-corrected chi connectivity index (χ2v) is 8.56. The van der Waals surface area contributed by atoms with Crippen molar-refractivity contribution in [1.82, 2.24) is 19.7 Å². The monoisotopic (exact) mass is 505 g/mol. The predicted molar refractivity (Wildman–Crippen MR) is 122 cm³/mol. The zero-order valence-electron chi connectivity index (χ0n) is 18.7. The number of aromatic nitrogens is 3. The number of nitrogens with two attached hydrogens (primary N) is 1. The van der Waals surface area contributed by atoms with Crippen molar-refractivity contribution < 1.29 is 27.9 Å². The fourth-order valence-electron chi connectivity index (χ4n) is 4.36. The van der Waals surface area contributed by atoms with Gasteiger partial charge in [0.2, 0.25) is 5.91 Å². The molecule has 35 heavy (non-hydrogen) atoms. The van der Waals surface area contributed by atoms with Gasteiger partial charge in [0.15, 0.2) is 11.5 Å². The lowest BCUT2D eigenvalue weighted by Crippen LogP contribution is -2.47. The minimum absolute atomic E-state index is 0.0237. The Kier molecular flexibility index (Phi) is 7.08. The highest BCUT2D eigenvalue weighted by molar-refractivity contribution is 6.30. The number of hydrogen-bond acceptors (Lipinski definition) is 6. The van der Waals surface area contributed by atoms with Crippen molar-refractivity contribution in [2.45, 2.75) is 37.7 Å². The van der Waals surface area contributed by atoms with Crippen LogP contribution in [0.15, 0.2) is 36.7 Å². The Labute approximate surface area is 203 Å². The van der Waals surface area contributed by atoms with Crippen molar-refractivity contribution in [2.24, 2.45) is 5.73 Å². The second-order valence-electron chi connectivity index (χ2n) is 8.15. The molecule has 1 aromatic carbocycles. The number of carbonyl (C=O) groups excluding carboxylic acids is 3. The minimum atomic E-state index is -1.60. The average molecular weight is 506 g/mol. The number of Topliss-reactive ketones (excluding diaryl/α,β-unsaturated/α-hetero) is 1. The number of rotatable bonds is 8. The van der Waals surface area contributed by atoms with Crippen LogP contribution in [0.1, 0.15) is 22.5 Å². The van der Waals surface area contributed by atoms with Gasteiger partial charge in [0.25, 0.3) is 5.91 Å². The molecule has 12 heteroatoms. The summed E-state index contributed by atoms with van der Waals surface area (Å²) in [5.74, 6) is -2.49. The van der Waals surface area contributed by atoms with Gasteiger partial charge in [0.1, 0.15) is 30.7 Å². The van der Waals surface area contributed by atoms with Gasteiger partial charge in [-0.2, -0.15) is 5.10 Å². The largest absolute Gasteiger partial charge is 0.376 e. The Morgan fingerprint density at radius 1 is 1.29 bits per heavy atom. The number of pyridine rings is 1. The molecule has 1 saturated heterocycles. The summed E-state index contributed by atoms with van der Waals surface area (Å²) < 4.78 is 35.5. The summed E-state index contributed by atoms with van der Waals surface area (Å²) in [5, 5.41) is 4.41. The molecule has 2 aromatic heterocycles. The van der Waals surface area contributed by atoms with Crippen LogP contribution in [0.2, 0.25) is 5.02 Å². The van der Waals surface area contributed by atoms with Crippen molar-refractivity contribution >= 4 is 40.1 Å². The van der Waals surface area contributed by atoms with Crippen LogP contribution in [-0.2, 0) is 27.3 Å². The van der Waals surface area contributed by atoms with E-state index in [1.807, 2.05) is 0 Å². The van der Waals surface area contributed by atoms with E-state index >= 15 is 0 Å². The van der Waals surface area contributed by atoms with Gasteiger partial charge in [-0.25, -0.2) is 8.78 Å². The molecule has 184 valence electrons. The molecule has 0 spiro atoms. The third-order valence-corrected chi connectivity index (χ3v) is 6.33. The molecule has 2 N–H and O–H groups in total. The number of ether oxygens (including phenoxy) is 1. The highest BCUT2D eigenvalue weighted by atomic mass is 35.5. The SMILES string of the molecule is CO[C@H]1[C@@H](C(=O)CCc2cccc(Cl)c2F)N(C(=O)Cn2nc(C(N)=O)c3cnccc32)C[C@@H]1F. The van der Waals surface area contributed by atoms with E-state index in [0.29, 0.717) is 10.9 Å². The lowest BCUT2D eigenvalue weighted by atomic mass is 9.99. The summed E-state index contributed by atoms with van der Waals surface area (Å²) in [7, 11) is 1.26. The zero-order valence-corrected chi connectivity index (χ0v) is 19.4. The Balaban J connectivity index is 1.56. The van der Waals surface area contributed by atoms with Crippen LogP contribution in [0.3, 0.4) is 0 Å². The van der Waals surface area contributed by atoms with Crippen LogP contribution in [-0.4, -0.2) is 69.2 Å². The van der Waals surface area contributed by atoms with Gasteiger partial charge >= 0.3 is 0 Å². The van der Waals surface area contributed by atoms with Gasteiger partial charge < -0.3 is 15.4 Å². The van der Waals surface area contributed by atoms with Crippen LogP contribution in [0.5, 0.6) is 0 Å². The Morgan fingerprint density at radius 3 is 2.77 bits per heavy atom. The molecule has 2 amide bonds. The molecule has 9 nitrogen and oxygen atoms in total. The van der Waals surface area contributed by atoms with Gasteiger partial charge in [-0.15, -0.1) is 0 Å². The third kappa shape index (κ3) is 4.73. The third-order valence-electron chi connectivity index (χ3n) is 6.04. The molecule has 1 fully saturated rings. The molecule has 4 rings (SSSR count). The van der Waals surface area contributed by atoms with E-state index in [0.717, 1.165) is 4.90 Å². The number of fused-ring (bicyclic) bond motifs is 1. The first-order chi connectivity index (χ1) is 16.7. The molecule has 1 aliphatic heterocycles. The standard InChI is InChI=1S/C23H22ClF2N5O4/c1-35-22-15(25)10-30(21(22)17(32)6-5-12-3-2-4-14(24)19(12)26)18(33)11-31-16-7-8-28-9-13(16)20(29-31)23(27)34/h2-4,7-9,15,21-22H,5-6,10-11H2,1H3,(H2,27,34)/t15-,21+,22+/m0/s1. The maximum absolute atomic E-state index is 14.8. The first-order valence-electron chi connectivity index (χ1n) is 10.7. The van der Waals surface area contributed by atoms with Crippen LogP contribution < -0.4 is 5.73 Å². The maximum Gasteiger partial charge on any atom is 0.269 e. The molecule has 1 aliphatic rings. The molecular formula is C23H22ClF2N5O4. The lowest BCUT2D eigenvalue weighted by molar-refractivity contribution is -0.140. The number of carbonyl (C=O) groups is 3. The minimum Gasteiger partial charge on any atom is -0.376 e. The molecule has 0 bridgehead atoms. The van der Waals surface area contributed by atoms with Gasteiger partial charge in [-0.05, 0) is 24.1 Å². The topological polar surface area (TPSA) is 120 Å². The summed E-state index contributed by atoms with van der Waals surface area (Å²) >= 11 is 5.80. The second kappa shape index (κ2) is 10.0. The lowest BCUT2D eigenvalue weighted by Gasteiger charge is -2.26. The smallest absolute Gasteiger partial charge is 0.269 e. The first kappa shape index (κ1) is 24.7. The maximum atomic E-state index is 14.8. The number of alkyl halides is 1. The predicted octanol–water partition coefficient (Wildman–Crippen LogP) is 2.09. The quantitative estimate of drug-likeness (QED) is 0.500. The summed E-state index contributed by atoms with van der Waals surface area (Å²) in [6.07, 6.45) is -0.0306. The number of methoxy groups -OCH3 is 1. The number of likely N-dealkylation sites (tertiary alicyclic amines) is 1. The number of nitrogens with zero attached hydrogens (tertiary/aromatic N) is 4. The average Bonchev–Trinajstić information content (AvgIpc) is 3.37. The van der Waals surface area contributed by atoms with E-state index in [9.17, 15) is 23.2 Å². The summed E-state index contributed by atoms with van der Waals surface area (Å²) in [4.78, 5) is 43.1. The number of amides is 2. The number of halogens is 3. The number of aryl methyl sites for hydroxylation is 1. The van der Waals surface area contributed by atoms with Crippen LogP contribution in [0.25, 0.3) is 10.9 Å². The number of benzene rings is 1. The number of hydrogen-bond donors (Lipinski definition) is 1. The summed E-state index contributed by atoms with van der Waals surface area (Å²) in [6.45, 7) is -0.730. The van der Waals surface area contributed by atoms with Crippen molar-refractivity contribution in [1.29, 1.82) is 0 Å². The Bertz CT molecular complexity index is 1300. The molecule has 3 atom stereocenters. The zero-order chi connectivity index (χ0) is 25.3. The Morgan fingerprint density at radius 2 is 2.06 bits per heavy atom. The fourth-order valence-corrected chi connectivity index (χ4v) is 4.56. The van der Waals surface area contributed by atoms with Crippen LogP contribution >= 0.6 is 11.6 Å². The molecule has 0 aliphatic carbocycles. The van der Waals surface area contributed by atoms with Crippen molar-refractivity contribution in [3.8, 4) is 0 Å². The van der Waals surface area contributed by atoms with Gasteiger partial charge in [-0.1, -0.05) is 23.7 Å². The fraction of sp³-hybridized carbons (Fsp3) is 0.348. The first-order valence-corrected chi connectivity index (χ1v) is 11.1. The molecule has 0 unspecified atom stereocenters. The van der Waals surface area contributed by atoms with Crippen molar-refractivity contribution in [2.75, 3.05) is 13.7 Å². The van der Waals surface area contributed by atoms with E-state index in [-0.39, 0.29) is 42.2 Å². The van der Waals surface area contributed by atoms with E-state index in [2.05, 4.69) is 10.1 Å². The number of primary amides is 1. The highest BCUT2D eigenvalue weighted by Gasteiger charge is 2.48. The van der Waals surface area contributed by atoms with Gasteiger partial charge in [0.05, 0.1) is 22.5 Å². The van der Waals surface area contributed by atoms with Gasteiger partial charge in [0, 0.05) is 25.9 Å². The van der Waals surface area contributed by atoms with E-state index in [1.165, 1.54) is 36.3 Å². The summed E-state index contributed by atoms with van der Waals surface area (Å²) in [5.41, 5.74) is 5.99. The normalized spacial score (nSPS) is 19.9. The number of ketones is 1. The summed E-state index contributed by atoms with van der Waals surface area (Å²) in [6, 6.07) is 4.82. The molecule has 3 aromatic rings. The van der Waals surface area contributed by atoms with Gasteiger partial charge in [-0.3, -0.25) is 24.0 Å². The molecule has 0 radical (unpaired) electrons. The molecular weight excluding hydrogens is 484 g/mol. The Hall–Kier alpha value is -3.44. The van der Waals surface area contributed by atoms with Crippen LogP contribution in [0, 0.1) is 5.82 Å². The van der Waals surface area contributed by atoms with E-state index in [1.54, 1.807) is 12.1 Å². The van der Waals surface area contributed by atoms with E-state index < -0.39 is 41.7 Å². The highest BCUT2D eigenvalue weighted by Crippen LogP contribution is 2.27. The van der Waals surface area contributed by atoms with Crippen molar-refractivity contribution in [3.05, 3.63) is 58.8 Å². The molecule has 3 heterocycles. The van der Waals surface area contributed by atoms with Crippen LogP contribution in [0.4, 0.5) is 8.78 Å². The van der Waals surface area contributed by atoms with Crippen molar-refractivity contribution in [3.63, 3.8) is 0 Å². The molecule has 0 saturated carbocycles.